The summed E-state index contributed by atoms with van der Waals surface area (Å²) >= 11 is 0. The average molecular weight is 206 g/mol. The van der Waals surface area contributed by atoms with Crippen LogP contribution in [-0.2, 0) is 0 Å². The van der Waals surface area contributed by atoms with E-state index < -0.39 is 11.8 Å². The lowest BCUT2D eigenvalue weighted by Crippen LogP contribution is -2.01. The molecule has 2 aromatic heterocycles. The van der Waals surface area contributed by atoms with Crippen LogP contribution < -0.4 is 0 Å². The Bertz CT molecular complexity index is 495. The number of aromatic carboxylic acids is 1. The van der Waals surface area contributed by atoms with E-state index in [9.17, 15) is 9.90 Å². The van der Waals surface area contributed by atoms with E-state index in [1.165, 1.54) is 0 Å². The molecular weight excluding hydrogens is 200 g/mol. The molecule has 0 aliphatic carbocycles. The molecule has 0 saturated carbocycles. The Labute approximate surface area is 83.4 Å². The average Bonchev–Trinajstić information content (AvgIpc) is 2.69. The van der Waals surface area contributed by atoms with Crippen LogP contribution in [0.1, 0.15) is 10.4 Å². The Kier molecular flexibility index (Phi) is 2.05. The van der Waals surface area contributed by atoms with Crippen LogP contribution in [0.5, 0.6) is 5.88 Å². The molecule has 7 nitrogen and oxygen atoms in total. The van der Waals surface area contributed by atoms with Crippen LogP contribution in [0.2, 0.25) is 0 Å². The molecule has 2 aromatic rings. The van der Waals surface area contributed by atoms with E-state index in [0.717, 1.165) is 6.20 Å². The second-order valence-corrected chi connectivity index (χ2v) is 2.70. The molecule has 0 unspecified atom stereocenters. The van der Waals surface area contributed by atoms with Crippen molar-refractivity contribution in [2.24, 2.45) is 0 Å². The molecule has 76 valence electrons. The van der Waals surface area contributed by atoms with Gasteiger partial charge in [-0.3, -0.25) is 5.10 Å². The number of carbonyl (C=O) groups is 1. The highest BCUT2D eigenvalue weighted by Gasteiger charge is 2.13. The Hall–Kier alpha value is -2.44. The largest absolute Gasteiger partial charge is 0.493 e. The quantitative estimate of drug-likeness (QED) is 0.650. The lowest BCUT2D eigenvalue weighted by Gasteiger charge is -1.99. The normalized spacial score (nSPS) is 10.1. The third kappa shape index (κ3) is 1.62. The van der Waals surface area contributed by atoms with Gasteiger partial charge in [-0.2, -0.15) is 10.1 Å². The number of rotatable bonds is 2. The molecule has 2 heterocycles. The first-order chi connectivity index (χ1) is 7.18. The SMILES string of the molecule is O=C(O)c1cnc(-c2cc[nH]n2)nc1O. The molecule has 0 radical (unpaired) electrons. The van der Waals surface area contributed by atoms with E-state index in [2.05, 4.69) is 20.2 Å². The molecule has 3 N–H and O–H groups in total. The van der Waals surface area contributed by atoms with Crippen molar-refractivity contribution < 1.29 is 15.0 Å². The van der Waals surface area contributed by atoms with Gasteiger partial charge in [-0.05, 0) is 6.07 Å². The Balaban J connectivity index is 2.47. The summed E-state index contributed by atoms with van der Waals surface area (Å²) in [6.07, 6.45) is 2.61. The lowest BCUT2D eigenvalue weighted by molar-refractivity contribution is 0.0692. The number of H-pyrrole nitrogens is 1. The fourth-order valence-electron chi connectivity index (χ4n) is 1.03. The molecule has 2 rings (SSSR count). The van der Waals surface area contributed by atoms with Crippen LogP contribution in [0.4, 0.5) is 0 Å². The fraction of sp³-hybridized carbons (Fsp3) is 0. The number of carboxylic acid groups (broad SMARTS) is 1. The topological polar surface area (TPSA) is 112 Å². The number of hydrogen-bond acceptors (Lipinski definition) is 5. The third-order valence-electron chi connectivity index (χ3n) is 1.73. The summed E-state index contributed by atoms with van der Waals surface area (Å²) in [6.45, 7) is 0. The van der Waals surface area contributed by atoms with Crippen molar-refractivity contribution in [3.63, 3.8) is 0 Å². The van der Waals surface area contributed by atoms with Gasteiger partial charge in [0.05, 0.1) is 0 Å². The third-order valence-corrected chi connectivity index (χ3v) is 1.73. The second-order valence-electron chi connectivity index (χ2n) is 2.70. The van der Waals surface area contributed by atoms with Gasteiger partial charge >= 0.3 is 5.97 Å². The molecule has 0 aromatic carbocycles. The van der Waals surface area contributed by atoms with E-state index in [0.29, 0.717) is 5.69 Å². The van der Waals surface area contributed by atoms with Gasteiger partial charge in [0.15, 0.2) is 5.82 Å². The zero-order valence-electron chi connectivity index (χ0n) is 7.38. The first-order valence-electron chi connectivity index (χ1n) is 3.98. The van der Waals surface area contributed by atoms with Crippen molar-refractivity contribution in [1.29, 1.82) is 0 Å². The van der Waals surface area contributed by atoms with Crippen LogP contribution in [-0.4, -0.2) is 36.3 Å². The van der Waals surface area contributed by atoms with Crippen molar-refractivity contribution in [2.75, 3.05) is 0 Å². The van der Waals surface area contributed by atoms with E-state index in [1.807, 2.05) is 0 Å². The first kappa shape index (κ1) is 9.13. The van der Waals surface area contributed by atoms with Gasteiger partial charge in [0.1, 0.15) is 11.3 Å². The maximum absolute atomic E-state index is 10.6. The minimum Gasteiger partial charge on any atom is -0.493 e. The Morgan fingerprint density at radius 1 is 1.47 bits per heavy atom. The van der Waals surface area contributed by atoms with Gasteiger partial charge < -0.3 is 10.2 Å². The van der Waals surface area contributed by atoms with E-state index >= 15 is 0 Å². The van der Waals surface area contributed by atoms with Gasteiger partial charge in [-0.1, -0.05) is 0 Å². The summed E-state index contributed by atoms with van der Waals surface area (Å²) in [5, 5.41) is 24.3. The van der Waals surface area contributed by atoms with E-state index in [1.54, 1.807) is 12.3 Å². The molecule has 7 heteroatoms. The highest BCUT2D eigenvalue weighted by molar-refractivity contribution is 5.89. The van der Waals surface area contributed by atoms with Gasteiger partial charge in [0.2, 0.25) is 5.88 Å². The number of aromatic hydroxyl groups is 1. The second kappa shape index (κ2) is 3.37. The highest BCUT2D eigenvalue weighted by atomic mass is 16.4. The Morgan fingerprint density at radius 3 is 2.80 bits per heavy atom. The standard InChI is InChI=1S/C8H6N4O3/c13-7-4(8(14)15)3-9-6(11-7)5-1-2-10-12-5/h1-3H,(H,10,12)(H,14,15)(H,9,11,13). The predicted octanol–water partition coefficient (Wildman–Crippen LogP) is 0.270. The van der Waals surface area contributed by atoms with Crippen molar-refractivity contribution in [2.45, 2.75) is 0 Å². The predicted molar refractivity (Wildman–Crippen MR) is 48.2 cm³/mol. The molecule has 0 spiro atoms. The van der Waals surface area contributed by atoms with Crippen molar-refractivity contribution in [3.8, 4) is 17.4 Å². The lowest BCUT2D eigenvalue weighted by atomic mass is 10.3. The first-order valence-corrected chi connectivity index (χ1v) is 3.98. The smallest absolute Gasteiger partial charge is 0.342 e. The van der Waals surface area contributed by atoms with Crippen molar-refractivity contribution >= 4 is 5.97 Å². The molecule has 0 aliphatic heterocycles. The number of nitrogens with zero attached hydrogens (tertiary/aromatic N) is 3. The molecule has 0 aliphatic rings. The Morgan fingerprint density at radius 2 is 2.27 bits per heavy atom. The van der Waals surface area contributed by atoms with Crippen LogP contribution in [0.15, 0.2) is 18.5 Å². The fourth-order valence-corrected chi connectivity index (χ4v) is 1.03. The summed E-state index contributed by atoms with van der Waals surface area (Å²) in [4.78, 5) is 17.9. The molecule has 0 fully saturated rings. The van der Waals surface area contributed by atoms with Crippen LogP contribution in [0, 0.1) is 0 Å². The number of hydrogen-bond donors (Lipinski definition) is 3. The minimum atomic E-state index is -1.28. The molecule has 0 bridgehead atoms. The van der Waals surface area contributed by atoms with Crippen molar-refractivity contribution in [1.82, 2.24) is 20.2 Å². The highest BCUT2D eigenvalue weighted by Crippen LogP contribution is 2.17. The van der Waals surface area contributed by atoms with Gasteiger partial charge in [0, 0.05) is 12.4 Å². The van der Waals surface area contributed by atoms with E-state index in [-0.39, 0.29) is 11.4 Å². The minimum absolute atomic E-state index is 0.166. The van der Waals surface area contributed by atoms with E-state index in [4.69, 9.17) is 5.11 Å². The maximum atomic E-state index is 10.6. The van der Waals surface area contributed by atoms with Crippen LogP contribution in [0.25, 0.3) is 11.5 Å². The zero-order chi connectivity index (χ0) is 10.8. The summed E-state index contributed by atoms with van der Waals surface area (Å²) in [7, 11) is 0. The van der Waals surface area contributed by atoms with Crippen LogP contribution in [0.3, 0.4) is 0 Å². The summed E-state index contributed by atoms with van der Waals surface area (Å²) < 4.78 is 0. The summed E-state index contributed by atoms with van der Waals surface area (Å²) in [5.74, 6) is -1.68. The molecule has 0 atom stereocenters. The van der Waals surface area contributed by atoms with Gasteiger partial charge in [0.25, 0.3) is 0 Å². The van der Waals surface area contributed by atoms with Crippen molar-refractivity contribution in [3.05, 3.63) is 24.0 Å². The van der Waals surface area contributed by atoms with Gasteiger partial charge in [-0.25, -0.2) is 9.78 Å². The molecule has 15 heavy (non-hydrogen) atoms. The monoisotopic (exact) mass is 206 g/mol. The molecular formula is C8H6N4O3. The number of carboxylic acids is 1. The van der Waals surface area contributed by atoms with Crippen LogP contribution >= 0.6 is 0 Å². The number of aromatic amines is 1. The van der Waals surface area contributed by atoms with Gasteiger partial charge in [-0.15, -0.1) is 0 Å². The molecule has 0 amide bonds. The zero-order valence-corrected chi connectivity index (χ0v) is 7.38. The number of aromatic nitrogens is 4. The maximum Gasteiger partial charge on any atom is 0.342 e. The summed E-state index contributed by atoms with van der Waals surface area (Å²) in [5.41, 5.74) is 0.0940. The molecule has 0 saturated heterocycles. The number of nitrogens with one attached hydrogen (secondary N) is 1. The summed E-state index contributed by atoms with van der Waals surface area (Å²) in [6, 6.07) is 1.61.